The van der Waals surface area contributed by atoms with E-state index in [2.05, 4.69) is 54.2 Å². The van der Waals surface area contributed by atoms with Crippen molar-refractivity contribution in [2.45, 2.75) is 43.7 Å². The Bertz CT molecular complexity index is 1880. The van der Waals surface area contributed by atoms with Crippen LogP contribution in [-0.4, -0.2) is 94.4 Å². The fourth-order valence-corrected chi connectivity index (χ4v) is 7.15. The fourth-order valence-electron chi connectivity index (χ4n) is 6.68. The van der Waals surface area contributed by atoms with Crippen molar-refractivity contribution in [3.8, 4) is 0 Å². The predicted octanol–water partition coefficient (Wildman–Crippen LogP) is 2.08. The van der Waals surface area contributed by atoms with Gasteiger partial charge in [0, 0.05) is 56.9 Å². The van der Waals surface area contributed by atoms with Crippen LogP contribution in [0.1, 0.15) is 68.2 Å². The van der Waals surface area contributed by atoms with Crippen molar-refractivity contribution in [2.75, 3.05) is 43.9 Å². The first-order chi connectivity index (χ1) is 23.5. The summed E-state index contributed by atoms with van der Waals surface area (Å²) in [7, 11) is 3.67. The second-order valence-corrected chi connectivity index (χ2v) is 13.4. The number of fused-ring (bicyclic) bond motifs is 1. The van der Waals surface area contributed by atoms with Crippen molar-refractivity contribution >= 4 is 56.8 Å². The highest BCUT2D eigenvalue weighted by atomic mass is 79.9. The molecule has 49 heavy (non-hydrogen) atoms. The molecule has 4 heterocycles. The average Bonchev–Trinajstić information content (AvgIpc) is 3.34. The van der Waals surface area contributed by atoms with Crippen LogP contribution in [0.4, 0.5) is 11.4 Å². The Morgan fingerprint density at radius 2 is 1.76 bits per heavy atom. The van der Waals surface area contributed by atoms with Gasteiger partial charge in [0.05, 0.1) is 23.0 Å². The van der Waals surface area contributed by atoms with Crippen LogP contribution in [0, 0.1) is 0 Å². The normalized spacial score (nSPS) is 21.0. The molecule has 6 rings (SSSR count). The Labute approximate surface area is 290 Å². The highest BCUT2D eigenvalue weighted by Crippen LogP contribution is 2.33. The lowest BCUT2D eigenvalue weighted by atomic mass is 9.87. The minimum absolute atomic E-state index is 0.0535. The lowest BCUT2D eigenvalue weighted by Gasteiger charge is -2.37. The van der Waals surface area contributed by atoms with E-state index in [1.807, 2.05) is 24.3 Å². The molecular formula is C34H37BrN8O6. The number of hydrogen-bond donors (Lipinski definition) is 4. The smallest absolute Gasteiger partial charge is 0.282 e. The van der Waals surface area contributed by atoms with E-state index in [1.54, 1.807) is 31.4 Å². The zero-order chi connectivity index (χ0) is 34.8. The van der Waals surface area contributed by atoms with Gasteiger partial charge in [-0.05, 0) is 78.0 Å². The highest BCUT2D eigenvalue weighted by Gasteiger charge is 2.45. The maximum Gasteiger partial charge on any atom is 0.282 e. The highest BCUT2D eigenvalue weighted by molar-refractivity contribution is 9.10. The first kappa shape index (κ1) is 34.0. The molecule has 256 valence electrons. The van der Waals surface area contributed by atoms with Crippen LogP contribution in [0.3, 0.4) is 0 Å². The molecule has 3 atom stereocenters. The Balaban J connectivity index is 0.992. The predicted molar refractivity (Wildman–Crippen MR) is 184 cm³/mol. The van der Waals surface area contributed by atoms with E-state index in [-0.39, 0.29) is 47.4 Å². The van der Waals surface area contributed by atoms with Crippen molar-refractivity contribution < 1.29 is 24.0 Å². The van der Waals surface area contributed by atoms with Gasteiger partial charge < -0.3 is 20.9 Å². The molecule has 3 aliphatic rings. The maximum absolute atomic E-state index is 13.3. The molecule has 0 spiro atoms. The number of halogens is 1. The summed E-state index contributed by atoms with van der Waals surface area (Å²) in [5, 5.41) is 15.9. The number of aryl methyl sites for hydroxylation is 1. The number of hydrogen-bond acceptors (Lipinski definition) is 10. The van der Waals surface area contributed by atoms with Crippen molar-refractivity contribution in [3.05, 3.63) is 85.7 Å². The van der Waals surface area contributed by atoms with Gasteiger partial charge in [-0.1, -0.05) is 18.2 Å². The van der Waals surface area contributed by atoms with Crippen LogP contribution in [0.2, 0.25) is 0 Å². The number of piperidine rings is 2. The number of likely N-dealkylation sites (N-methyl/N-ethyl adjacent to an activating group) is 1. The molecule has 2 saturated heterocycles. The number of anilines is 2. The number of nitrogens with one attached hydrogen (secondary N) is 4. The van der Waals surface area contributed by atoms with E-state index in [0.29, 0.717) is 40.9 Å². The van der Waals surface area contributed by atoms with Crippen molar-refractivity contribution in [3.63, 3.8) is 0 Å². The first-order valence-corrected chi connectivity index (χ1v) is 16.9. The Hall–Kier alpha value is -4.89. The molecule has 15 heteroatoms. The number of benzene rings is 2. The van der Waals surface area contributed by atoms with Gasteiger partial charge in [0.1, 0.15) is 10.5 Å². The van der Waals surface area contributed by atoms with Gasteiger partial charge in [-0.3, -0.25) is 39.0 Å². The molecule has 1 aromatic heterocycles. The van der Waals surface area contributed by atoms with Gasteiger partial charge in [0.25, 0.3) is 23.3 Å². The summed E-state index contributed by atoms with van der Waals surface area (Å²) in [5.74, 6) is -2.18. The molecule has 4 N–H and O–H groups in total. The summed E-state index contributed by atoms with van der Waals surface area (Å²) in [4.78, 5) is 78.6. The molecule has 3 unspecified atom stereocenters. The second kappa shape index (κ2) is 14.3. The van der Waals surface area contributed by atoms with E-state index in [0.717, 1.165) is 30.0 Å². The van der Waals surface area contributed by atoms with E-state index in [1.165, 1.54) is 4.68 Å². The Morgan fingerprint density at radius 1 is 0.980 bits per heavy atom. The number of amides is 5. The van der Waals surface area contributed by atoms with Crippen LogP contribution in [0.25, 0.3) is 0 Å². The lowest BCUT2D eigenvalue weighted by Crippen LogP contribution is -2.54. The van der Waals surface area contributed by atoms with Gasteiger partial charge in [-0.2, -0.15) is 5.10 Å². The Morgan fingerprint density at radius 3 is 2.51 bits per heavy atom. The second-order valence-electron chi connectivity index (χ2n) is 12.6. The number of imide groups is 2. The van der Waals surface area contributed by atoms with Crippen molar-refractivity contribution in [1.82, 2.24) is 30.2 Å². The molecular weight excluding hydrogens is 696 g/mol. The van der Waals surface area contributed by atoms with E-state index in [4.69, 9.17) is 0 Å². The number of carbonyl (C=O) groups excluding carboxylic acids is 5. The number of aromatic nitrogens is 2. The van der Waals surface area contributed by atoms with Gasteiger partial charge in [0.2, 0.25) is 11.8 Å². The minimum atomic E-state index is -1.03. The molecule has 0 radical (unpaired) electrons. The molecule has 14 nitrogen and oxygen atoms in total. The van der Waals surface area contributed by atoms with Crippen LogP contribution < -0.4 is 26.8 Å². The summed E-state index contributed by atoms with van der Waals surface area (Å²) in [6.45, 7) is 2.48. The van der Waals surface area contributed by atoms with Crippen LogP contribution in [0.15, 0.2) is 57.9 Å². The summed E-state index contributed by atoms with van der Waals surface area (Å²) in [6, 6.07) is 11.6. The van der Waals surface area contributed by atoms with Crippen molar-refractivity contribution in [1.29, 1.82) is 0 Å². The third-order valence-electron chi connectivity index (χ3n) is 9.14. The first-order valence-electron chi connectivity index (χ1n) is 16.1. The van der Waals surface area contributed by atoms with Gasteiger partial charge in [-0.25, -0.2) is 4.68 Å². The maximum atomic E-state index is 13.3. The monoisotopic (exact) mass is 732 g/mol. The van der Waals surface area contributed by atoms with Gasteiger partial charge >= 0.3 is 0 Å². The van der Waals surface area contributed by atoms with Crippen molar-refractivity contribution in [2.24, 2.45) is 7.05 Å². The third kappa shape index (κ3) is 7.13. The van der Waals surface area contributed by atoms with Crippen LogP contribution in [-0.2, 0) is 16.6 Å². The molecule has 2 fully saturated rings. The van der Waals surface area contributed by atoms with Gasteiger partial charge in [-0.15, -0.1) is 0 Å². The van der Waals surface area contributed by atoms with E-state index in [9.17, 15) is 28.8 Å². The minimum Gasteiger partial charge on any atom is -0.384 e. The summed E-state index contributed by atoms with van der Waals surface area (Å²) in [5.41, 5.74) is 3.00. The van der Waals surface area contributed by atoms with E-state index < -0.39 is 29.7 Å². The summed E-state index contributed by atoms with van der Waals surface area (Å²) in [6.07, 6.45) is 3.19. The van der Waals surface area contributed by atoms with Crippen LogP contribution >= 0.6 is 15.9 Å². The number of nitrogens with zero attached hydrogens (tertiary/aromatic N) is 4. The molecule has 3 aliphatic heterocycles. The standard InChI is InChI=1S/C34H37BrN8O6/c1-41-17-21(15-22(18-41)39-25-16-38-42(2)34(49)29(25)35)19-7-9-20(10-8-19)30(45)37-14-4-13-36-24-6-3-5-23-28(24)33(48)43(32(23)47)26-11-12-27(44)40-31(26)46/h3,5-10,16,21-22,26,36,39H,4,11-15,17-18H2,1-2H3,(H,37,45)(H,40,44,46). The number of rotatable bonds is 10. The topological polar surface area (TPSA) is 175 Å². The van der Waals surface area contributed by atoms with Crippen LogP contribution in [0.5, 0.6) is 0 Å². The zero-order valence-electron chi connectivity index (χ0n) is 27.1. The third-order valence-corrected chi connectivity index (χ3v) is 9.90. The summed E-state index contributed by atoms with van der Waals surface area (Å²) < 4.78 is 1.73. The fraction of sp³-hybridized carbons (Fsp3) is 0.382. The summed E-state index contributed by atoms with van der Waals surface area (Å²) >= 11 is 3.39. The quantitative estimate of drug-likeness (QED) is 0.179. The van der Waals surface area contributed by atoms with Gasteiger partial charge in [0.15, 0.2) is 0 Å². The molecule has 0 aliphatic carbocycles. The SMILES string of the molecule is CN1CC(Nc2cnn(C)c(=O)c2Br)CC(c2ccc(C(=O)NCCCNc3cccc4c3C(=O)N(C3CCC(=O)NC3=O)C4=O)cc2)C1. The number of carbonyl (C=O) groups is 5. The molecule has 5 amide bonds. The zero-order valence-corrected chi connectivity index (χ0v) is 28.7. The number of likely N-dealkylation sites (tertiary alicyclic amines) is 1. The average molecular weight is 734 g/mol. The molecule has 3 aromatic rings. The lowest BCUT2D eigenvalue weighted by molar-refractivity contribution is -0.136. The van der Waals surface area contributed by atoms with E-state index >= 15 is 0 Å². The Kier molecular flexibility index (Phi) is 9.92. The largest absolute Gasteiger partial charge is 0.384 e. The molecule has 2 aromatic carbocycles. The molecule has 0 saturated carbocycles. The molecule has 0 bridgehead atoms.